The van der Waals surface area contributed by atoms with Crippen molar-refractivity contribution in [2.75, 3.05) is 60.3 Å². The lowest BCUT2D eigenvalue weighted by atomic mass is 10.1. The summed E-state index contributed by atoms with van der Waals surface area (Å²) in [6.07, 6.45) is -4.98. The van der Waals surface area contributed by atoms with E-state index in [-0.39, 0.29) is 37.4 Å². The minimum Gasteiger partial charge on any atom is -0.497 e. The van der Waals surface area contributed by atoms with Gasteiger partial charge in [-0.25, -0.2) is 4.18 Å². The van der Waals surface area contributed by atoms with Crippen LogP contribution in [0.4, 0.5) is 0 Å². The lowest BCUT2D eigenvalue weighted by Crippen LogP contribution is -2.54. The van der Waals surface area contributed by atoms with Gasteiger partial charge in [-0.1, -0.05) is 36.4 Å². The molecule has 0 bridgehead atoms. The molecule has 3 aromatic carbocycles. The molecule has 2 saturated heterocycles. The highest BCUT2D eigenvalue weighted by Crippen LogP contribution is 2.34. The molecule has 0 aromatic heterocycles. The van der Waals surface area contributed by atoms with E-state index < -0.39 is 76.5 Å². The number of carbonyl (C=O) groups excluding carboxylic acids is 2. The van der Waals surface area contributed by atoms with Crippen LogP contribution in [0.25, 0.3) is 0 Å². The van der Waals surface area contributed by atoms with Crippen molar-refractivity contribution >= 4 is 33.2 Å². The van der Waals surface area contributed by atoms with Gasteiger partial charge in [0.05, 0.1) is 68.6 Å². The molecule has 16 nitrogen and oxygen atoms in total. The maximum Gasteiger partial charge on any atom is 0.397 e. The summed E-state index contributed by atoms with van der Waals surface area (Å²) in [5.41, 5.74) is 2.70. The molecule has 2 aliphatic heterocycles. The molecular formula is C39H49O16S2+. The predicted octanol–water partition coefficient (Wildman–Crippen LogP) is 3.29. The molecule has 312 valence electrons. The van der Waals surface area contributed by atoms with Gasteiger partial charge in [0.2, 0.25) is 5.92 Å². The second-order valence-electron chi connectivity index (χ2n) is 13.1. The van der Waals surface area contributed by atoms with Gasteiger partial charge in [0.25, 0.3) is 0 Å². The Morgan fingerprint density at radius 1 is 0.737 bits per heavy atom. The van der Waals surface area contributed by atoms with E-state index in [0.717, 1.165) is 30.9 Å². The zero-order chi connectivity index (χ0) is 41.0. The van der Waals surface area contributed by atoms with E-state index in [0.29, 0.717) is 23.0 Å². The predicted molar refractivity (Wildman–Crippen MR) is 205 cm³/mol. The summed E-state index contributed by atoms with van der Waals surface area (Å²) in [5, 5.41) is -0.337. The molecule has 2 fully saturated rings. The van der Waals surface area contributed by atoms with Crippen LogP contribution in [0.1, 0.15) is 16.7 Å². The first-order valence-corrected chi connectivity index (χ1v) is 20.9. The molecule has 57 heavy (non-hydrogen) atoms. The third-order valence-corrected chi connectivity index (χ3v) is 12.7. The average molecular weight is 838 g/mol. The molecule has 18 heteroatoms. The first-order chi connectivity index (χ1) is 27.4. The Morgan fingerprint density at radius 2 is 1.23 bits per heavy atom. The first kappa shape index (κ1) is 44.1. The van der Waals surface area contributed by atoms with Gasteiger partial charge in [0.15, 0.2) is 11.5 Å². The minimum atomic E-state index is -4.98. The van der Waals surface area contributed by atoms with Crippen LogP contribution in [0.15, 0.2) is 72.8 Å². The van der Waals surface area contributed by atoms with Crippen LogP contribution in [-0.2, 0) is 88.0 Å². The van der Waals surface area contributed by atoms with E-state index in [4.69, 9.17) is 51.6 Å². The number of rotatable bonds is 20. The zero-order valence-corrected chi connectivity index (χ0v) is 33.9. The summed E-state index contributed by atoms with van der Waals surface area (Å²) in [7, 11) is 1.26. The summed E-state index contributed by atoms with van der Waals surface area (Å²) >= 11 is 0. The maximum atomic E-state index is 12.7. The molecule has 2 heterocycles. The number of methoxy groups -OCH3 is 5. The van der Waals surface area contributed by atoms with E-state index in [1.54, 1.807) is 21.3 Å². The zero-order valence-electron chi connectivity index (χ0n) is 32.3. The summed E-state index contributed by atoms with van der Waals surface area (Å²) in [5.74, 6) is -0.945. The smallest absolute Gasteiger partial charge is 0.397 e. The van der Waals surface area contributed by atoms with Gasteiger partial charge in [-0.2, -0.15) is 8.42 Å². The summed E-state index contributed by atoms with van der Waals surface area (Å²) < 4.78 is 95.7. The topological polar surface area (TPSA) is 190 Å². The highest BCUT2D eigenvalue weighted by atomic mass is 32.3. The fourth-order valence-corrected chi connectivity index (χ4v) is 9.87. The second kappa shape index (κ2) is 21.1. The van der Waals surface area contributed by atoms with E-state index in [2.05, 4.69) is 0 Å². The number of hydrogen-bond donors (Lipinski definition) is 1. The number of benzene rings is 3. The van der Waals surface area contributed by atoms with Crippen LogP contribution in [0.2, 0.25) is 0 Å². The second-order valence-corrected chi connectivity index (χ2v) is 16.5. The molecular weight excluding hydrogens is 789 g/mol. The lowest BCUT2D eigenvalue weighted by Gasteiger charge is -2.36. The maximum absolute atomic E-state index is 12.7. The van der Waals surface area contributed by atoms with Crippen molar-refractivity contribution in [3.05, 3.63) is 89.5 Å². The van der Waals surface area contributed by atoms with E-state index in [1.807, 2.05) is 72.8 Å². The van der Waals surface area contributed by atoms with E-state index in [9.17, 15) is 22.6 Å². The Hall–Kier alpha value is -3.98. The van der Waals surface area contributed by atoms with Crippen molar-refractivity contribution in [2.45, 2.75) is 55.8 Å². The Balaban J connectivity index is 1.45. The SMILES string of the molecule is COC(=O)C(C(=O)OC)C1OC[C@H](OS(=O)(=O)O)[C@@H](C[S+]2C[C@@H](OCc3ccc(OC)cc3)[C@H](OCc3ccc(OC)cc3)[C@H]2COCc2ccc(OC)cc2)O1. The number of hydrogen-bond acceptors (Lipinski definition) is 15. The van der Waals surface area contributed by atoms with Crippen LogP contribution in [0, 0.1) is 5.92 Å². The average Bonchev–Trinajstić information content (AvgIpc) is 3.54. The molecule has 1 N–H and O–H groups in total. The normalized spacial score (nSPS) is 23.5. The molecule has 2 aliphatic rings. The van der Waals surface area contributed by atoms with Crippen LogP contribution in [0.5, 0.6) is 17.2 Å². The number of esters is 2. The standard InChI is InChI=1S/C39H48O16S2/c1-45-28-12-6-25(7-13-28)18-50-22-34-36(52-20-27-10-16-30(47-3)17-11-27)33(51-19-26-8-14-29(46-2)15-9-26)24-56(34)23-32-31(55-57(42,43)44)21-53-39(54-32)35(37(40)48-4)38(41)49-5/h6-17,31-36,39H,18-24H2,1-5H3/p+1/t31-,32+,33+,34+,36-,39?,56?/m0/s1. The third kappa shape index (κ3) is 12.5. The van der Waals surface area contributed by atoms with E-state index >= 15 is 0 Å². The van der Waals surface area contributed by atoms with Crippen molar-refractivity contribution < 1.29 is 74.1 Å². The molecule has 0 aliphatic carbocycles. The largest absolute Gasteiger partial charge is 0.497 e. The van der Waals surface area contributed by atoms with Gasteiger partial charge in [0, 0.05) is 10.9 Å². The Kier molecular flexibility index (Phi) is 16.4. The van der Waals surface area contributed by atoms with Gasteiger partial charge in [0.1, 0.15) is 53.2 Å². The van der Waals surface area contributed by atoms with Crippen LogP contribution in [0.3, 0.4) is 0 Å². The van der Waals surface area contributed by atoms with E-state index in [1.165, 1.54) is 0 Å². The highest BCUT2D eigenvalue weighted by molar-refractivity contribution is 7.97. The summed E-state index contributed by atoms with van der Waals surface area (Å²) in [4.78, 5) is 25.4. The van der Waals surface area contributed by atoms with Crippen molar-refractivity contribution in [3.63, 3.8) is 0 Å². The van der Waals surface area contributed by atoms with Gasteiger partial charge < -0.3 is 47.4 Å². The summed E-state index contributed by atoms with van der Waals surface area (Å²) in [6, 6.07) is 22.5. The van der Waals surface area contributed by atoms with Gasteiger partial charge in [-0.15, -0.1) is 0 Å². The van der Waals surface area contributed by atoms with Crippen molar-refractivity contribution in [3.8, 4) is 17.2 Å². The third-order valence-electron chi connectivity index (χ3n) is 9.43. The monoisotopic (exact) mass is 837 g/mol. The number of ether oxygens (including phenoxy) is 10. The molecule has 5 rings (SSSR count). The van der Waals surface area contributed by atoms with Crippen molar-refractivity contribution in [2.24, 2.45) is 5.92 Å². The molecule has 0 amide bonds. The molecule has 0 spiro atoms. The molecule has 3 aromatic rings. The Bertz CT molecular complexity index is 1810. The molecule has 0 radical (unpaired) electrons. The number of carbonyl (C=O) groups is 2. The molecule has 2 unspecified atom stereocenters. The van der Waals surface area contributed by atoms with Crippen molar-refractivity contribution in [1.82, 2.24) is 0 Å². The quantitative estimate of drug-likeness (QED) is 0.0755. The Morgan fingerprint density at radius 3 is 1.70 bits per heavy atom. The van der Waals surface area contributed by atoms with Gasteiger partial charge in [-0.05, 0) is 53.1 Å². The lowest BCUT2D eigenvalue weighted by molar-refractivity contribution is -0.261. The first-order valence-electron chi connectivity index (χ1n) is 17.9. The van der Waals surface area contributed by atoms with Crippen molar-refractivity contribution in [1.29, 1.82) is 0 Å². The molecule has 0 saturated carbocycles. The fourth-order valence-electron chi connectivity index (χ4n) is 6.40. The van der Waals surface area contributed by atoms with Gasteiger partial charge in [-0.3, -0.25) is 14.1 Å². The minimum absolute atomic E-state index is 0.121. The highest BCUT2D eigenvalue weighted by Gasteiger charge is 2.56. The van der Waals surface area contributed by atoms with Crippen LogP contribution in [-0.4, -0.2) is 121 Å². The fraction of sp³-hybridized carbons (Fsp3) is 0.487. The van der Waals surface area contributed by atoms with Gasteiger partial charge >= 0.3 is 22.3 Å². The van der Waals surface area contributed by atoms with Crippen LogP contribution < -0.4 is 14.2 Å². The molecule has 7 atom stereocenters. The Labute approximate surface area is 335 Å². The van der Waals surface area contributed by atoms with Crippen LogP contribution >= 0.6 is 0 Å². The summed E-state index contributed by atoms with van der Waals surface area (Å²) in [6.45, 7) is 0.495.